The number of nitrogens with two attached hydrogens (primary N) is 1. The Morgan fingerprint density at radius 1 is 1.00 bits per heavy atom. The van der Waals surface area contributed by atoms with Crippen LogP contribution in [-0.2, 0) is 25.4 Å². The number of carbonyl (C=O) groups excluding carboxylic acids is 2. The third-order valence-corrected chi connectivity index (χ3v) is 7.78. The lowest BCUT2D eigenvalue weighted by Gasteiger charge is -2.21. The van der Waals surface area contributed by atoms with Gasteiger partial charge < -0.3 is 25.7 Å². The number of nitrogens with zero attached hydrogens (tertiary/aromatic N) is 2. The van der Waals surface area contributed by atoms with Gasteiger partial charge in [0.25, 0.3) is 11.5 Å². The van der Waals surface area contributed by atoms with E-state index in [0.29, 0.717) is 16.8 Å². The van der Waals surface area contributed by atoms with E-state index >= 15 is 8.78 Å². The number of anilines is 1. The van der Waals surface area contributed by atoms with Crippen molar-refractivity contribution in [2.45, 2.75) is 27.3 Å². The lowest BCUT2D eigenvalue weighted by molar-refractivity contribution is -0.125. The molecule has 0 atom stereocenters. The second kappa shape index (κ2) is 12.9. The van der Waals surface area contributed by atoms with Gasteiger partial charge in [0.1, 0.15) is 22.9 Å². The molecule has 1 aromatic heterocycles. The van der Waals surface area contributed by atoms with Gasteiger partial charge in [0, 0.05) is 55.8 Å². The van der Waals surface area contributed by atoms with Crippen LogP contribution < -0.4 is 32.4 Å². The highest BCUT2D eigenvalue weighted by Crippen LogP contribution is 2.37. The molecule has 1 heterocycles. The van der Waals surface area contributed by atoms with Crippen molar-refractivity contribution in [3.8, 4) is 28.0 Å². The van der Waals surface area contributed by atoms with Gasteiger partial charge in [-0.1, -0.05) is 30.3 Å². The number of methoxy groups -OCH3 is 1. The molecule has 2 amide bonds. The molecule has 0 saturated heterocycles. The van der Waals surface area contributed by atoms with Crippen LogP contribution in [0.4, 0.5) is 14.5 Å². The number of aromatic nitrogens is 2. The van der Waals surface area contributed by atoms with Crippen LogP contribution in [0.2, 0.25) is 0 Å². The summed E-state index contributed by atoms with van der Waals surface area (Å²) in [5.41, 5.74) is 5.14. The molecule has 12 heteroatoms. The summed E-state index contributed by atoms with van der Waals surface area (Å²) < 4.78 is 38.9. The van der Waals surface area contributed by atoms with Crippen molar-refractivity contribution >= 4 is 17.5 Å². The number of benzene rings is 3. The summed E-state index contributed by atoms with van der Waals surface area (Å²) in [7, 11) is 4.10. The molecule has 0 aliphatic carbocycles. The first-order chi connectivity index (χ1) is 21.2. The third kappa shape index (κ3) is 6.55. The fraction of sp³-hybridized carbons (Fsp3) is 0.273. The van der Waals surface area contributed by atoms with Gasteiger partial charge >= 0.3 is 5.69 Å². The molecular formula is C33H35F2N5O5. The summed E-state index contributed by atoms with van der Waals surface area (Å²) in [6, 6.07) is 12.4. The molecule has 10 nitrogen and oxygen atoms in total. The van der Waals surface area contributed by atoms with E-state index in [0.717, 1.165) is 9.13 Å². The summed E-state index contributed by atoms with van der Waals surface area (Å²) in [6.45, 7) is 5.31. The Morgan fingerprint density at radius 3 is 2.31 bits per heavy atom. The maximum absolute atomic E-state index is 16.2. The molecule has 236 valence electrons. The smallest absolute Gasteiger partial charge is 0.330 e. The minimum absolute atomic E-state index is 0.0532. The van der Waals surface area contributed by atoms with E-state index in [9.17, 15) is 19.2 Å². The Bertz CT molecular complexity index is 1930. The number of aryl methyl sites for hydroxylation is 1. The zero-order valence-electron chi connectivity index (χ0n) is 25.9. The monoisotopic (exact) mass is 619 g/mol. The van der Waals surface area contributed by atoms with Crippen LogP contribution in [0.25, 0.3) is 22.3 Å². The van der Waals surface area contributed by atoms with Crippen LogP contribution in [0, 0.1) is 24.0 Å². The average molecular weight is 620 g/mol. The predicted molar refractivity (Wildman–Crippen MR) is 168 cm³/mol. The predicted octanol–water partition coefficient (Wildman–Crippen LogP) is 3.87. The highest BCUT2D eigenvalue weighted by molar-refractivity contribution is 6.04. The fourth-order valence-electron chi connectivity index (χ4n) is 4.89. The molecule has 0 radical (unpaired) electrons. The molecule has 45 heavy (non-hydrogen) atoms. The number of rotatable bonds is 10. The maximum atomic E-state index is 16.2. The van der Waals surface area contributed by atoms with E-state index < -0.39 is 40.1 Å². The van der Waals surface area contributed by atoms with Crippen molar-refractivity contribution in [2.24, 2.45) is 25.2 Å². The van der Waals surface area contributed by atoms with Gasteiger partial charge in [0.2, 0.25) is 5.91 Å². The number of primary amides is 1. The van der Waals surface area contributed by atoms with E-state index in [1.807, 2.05) is 0 Å². The lowest BCUT2D eigenvalue weighted by Crippen LogP contribution is -2.40. The van der Waals surface area contributed by atoms with Crippen LogP contribution in [0.3, 0.4) is 0 Å². The Balaban J connectivity index is 1.67. The fourth-order valence-corrected chi connectivity index (χ4v) is 4.89. The molecule has 0 bridgehead atoms. The van der Waals surface area contributed by atoms with Crippen LogP contribution in [-0.4, -0.2) is 34.6 Å². The zero-order chi connectivity index (χ0) is 33.2. The van der Waals surface area contributed by atoms with Gasteiger partial charge in [-0.05, 0) is 55.7 Å². The SMILES string of the molecule is COc1cc(-c2cccc(-c3cccc(NC(=O)c4cn(C)c(=O)n(C)c4=O)c3C)c2F)cc(F)c1CNCC(C)(C)C(N)=O. The third-order valence-electron chi connectivity index (χ3n) is 7.78. The number of carbonyl (C=O) groups is 2. The van der Waals surface area contributed by atoms with Crippen LogP contribution in [0.5, 0.6) is 5.75 Å². The minimum atomic E-state index is -0.843. The van der Waals surface area contributed by atoms with Gasteiger partial charge in [0.15, 0.2) is 0 Å². The van der Waals surface area contributed by atoms with Crippen LogP contribution in [0.15, 0.2) is 64.3 Å². The maximum Gasteiger partial charge on any atom is 0.330 e. The highest BCUT2D eigenvalue weighted by atomic mass is 19.1. The number of halogens is 2. The summed E-state index contributed by atoms with van der Waals surface area (Å²) in [6.07, 6.45) is 1.17. The number of amides is 2. The average Bonchev–Trinajstić information content (AvgIpc) is 2.99. The molecule has 0 unspecified atom stereocenters. The summed E-state index contributed by atoms with van der Waals surface area (Å²) in [5.74, 6) is -2.26. The lowest BCUT2D eigenvalue weighted by atomic mass is 9.92. The quantitative estimate of drug-likeness (QED) is 0.247. The van der Waals surface area contributed by atoms with Crippen molar-refractivity contribution in [1.82, 2.24) is 14.5 Å². The van der Waals surface area contributed by atoms with E-state index in [1.54, 1.807) is 57.2 Å². The molecule has 4 aromatic rings. The van der Waals surface area contributed by atoms with Crippen molar-refractivity contribution in [1.29, 1.82) is 0 Å². The first kappa shape index (κ1) is 32.8. The molecule has 0 aliphatic rings. The summed E-state index contributed by atoms with van der Waals surface area (Å²) in [5, 5.41) is 5.72. The van der Waals surface area contributed by atoms with E-state index in [1.165, 1.54) is 39.5 Å². The Morgan fingerprint density at radius 2 is 1.64 bits per heavy atom. The Hall–Kier alpha value is -5.10. The van der Waals surface area contributed by atoms with E-state index in [2.05, 4.69) is 10.6 Å². The van der Waals surface area contributed by atoms with Gasteiger partial charge in [-0.2, -0.15) is 0 Å². The summed E-state index contributed by atoms with van der Waals surface area (Å²) >= 11 is 0. The highest BCUT2D eigenvalue weighted by Gasteiger charge is 2.25. The zero-order valence-corrected chi connectivity index (χ0v) is 25.9. The molecule has 0 spiro atoms. The van der Waals surface area contributed by atoms with Crippen molar-refractivity contribution in [2.75, 3.05) is 19.0 Å². The Kier molecular flexibility index (Phi) is 9.38. The molecule has 0 saturated carbocycles. The first-order valence-electron chi connectivity index (χ1n) is 14.0. The Labute approximate surface area is 258 Å². The number of ether oxygens (including phenoxy) is 1. The van der Waals surface area contributed by atoms with E-state index in [4.69, 9.17) is 10.5 Å². The molecule has 4 N–H and O–H groups in total. The summed E-state index contributed by atoms with van der Waals surface area (Å²) in [4.78, 5) is 49.2. The van der Waals surface area contributed by atoms with Crippen molar-refractivity contribution < 1.29 is 23.1 Å². The topological polar surface area (TPSA) is 137 Å². The first-order valence-corrected chi connectivity index (χ1v) is 14.0. The van der Waals surface area contributed by atoms with Crippen molar-refractivity contribution in [3.05, 3.63) is 104 Å². The molecular weight excluding hydrogens is 584 g/mol. The van der Waals surface area contributed by atoms with Crippen molar-refractivity contribution in [3.63, 3.8) is 0 Å². The number of hydrogen-bond acceptors (Lipinski definition) is 6. The molecule has 3 aromatic carbocycles. The molecule has 4 rings (SSSR count). The van der Waals surface area contributed by atoms with E-state index in [-0.39, 0.29) is 46.7 Å². The minimum Gasteiger partial charge on any atom is -0.496 e. The molecule has 0 aliphatic heterocycles. The van der Waals surface area contributed by atoms with Gasteiger partial charge in [0.05, 0.1) is 12.5 Å². The van der Waals surface area contributed by atoms with Crippen LogP contribution in [0.1, 0.15) is 35.3 Å². The largest absolute Gasteiger partial charge is 0.496 e. The standard InChI is InChI=1S/C33H35F2N5O5/c1-18-20(9-8-12-26(18)38-29(41)24-16-39(4)32(44)40(5)30(24)42)22-11-7-10-21(28(22)35)19-13-25(34)23(27(14-19)45-6)15-37-17-33(2,3)31(36)43/h7-14,16,37H,15,17H2,1-6H3,(H2,36,43)(H,38,41). The van der Waals surface area contributed by atoms with Gasteiger partial charge in [-0.3, -0.25) is 19.0 Å². The molecule has 0 fully saturated rings. The van der Waals surface area contributed by atoms with Gasteiger partial charge in [-0.15, -0.1) is 0 Å². The second-order valence-corrected chi connectivity index (χ2v) is 11.4. The number of nitrogens with one attached hydrogen (secondary N) is 2. The normalized spacial score (nSPS) is 11.4. The number of hydrogen-bond donors (Lipinski definition) is 3. The van der Waals surface area contributed by atoms with Gasteiger partial charge in [-0.25, -0.2) is 13.6 Å². The van der Waals surface area contributed by atoms with Crippen LogP contribution >= 0.6 is 0 Å². The second-order valence-electron chi connectivity index (χ2n) is 11.4.